The van der Waals surface area contributed by atoms with Crippen molar-refractivity contribution in [2.45, 2.75) is 81.8 Å². The Kier molecular flexibility index (Phi) is 4.39. The highest BCUT2D eigenvalue weighted by atomic mass is 127. The predicted octanol–water partition coefficient (Wildman–Crippen LogP) is 5.37. The lowest BCUT2D eigenvalue weighted by Crippen LogP contribution is -2.52. The number of hydrogen-bond donors (Lipinski definition) is 1. The lowest BCUT2D eigenvalue weighted by Gasteiger charge is -2.58. The topological polar surface area (TPSA) is 29.5 Å². The first-order chi connectivity index (χ1) is 12.3. The van der Waals surface area contributed by atoms with E-state index in [2.05, 4.69) is 49.4 Å². The zero-order chi connectivity index (χ0) is 18.3. The SMILES string of the molecule is C[C@@H]1C(I)COC2C[C@H]3[C@@H]4CC=C5C[C@@H](O)CC[C@]5(C)[C@H]4CC[C@]3(C)C21. The van der Waals surface area contributed by atoms with Crippen LogP contribution in [0.25, 0.3) is 0 Å². The molecule has 26 heavy (non-hydrogen) atoms. The van der Waals surface area contributed by atoms with Crippen LogP contribution in [0.3, 0.4) is 0 Å². The van der Waals surface area contributed by atoms with Crippen LogP contribution in [0.5, 0.6) is 0 Å². The molecule has 3 unspecified atom stereocenters. The monoisotopic (exact) mass is 470 g/mol. The highest BCUT2D eigenvalue weighted by Gasteiger charge is 2.63. The maximum atomic E-state index is 10.2. The van der Waals surface area contributed by atoms with E-state index in [9.17, 15) is 5.11 Å². The summed E-state index contributed by atoms with van der Waals surface area (Å²) in [6.45, 7) is 8.62. The summed E-state index contributed by atoms with van der Waals surface area (Å²) in [5.41, 5.74) is 2.42. The second-order valence-corrected chi connectivity index (χ2v) is 12.3. The van der Waals surface area contributed by atoms with E-state index in [0.29, 0.717) is 20.9 Å². The molecule has 3 saturated carbocycles. The quantitative estimate of drug-likeness (QED) is 0.293. The van der Waals surface area contributed by atoms with Crippen molar-refractivity contribution in [3.8, 4) is 0 Å². The summed E-state index contributed by atoms with van der Waals surface area (Å²) < 4.78 is 7.09. The van der Waals surface area contributed by atoms with E-state index in [1.54, 1.807) is 5.57 Å². The van der Waals surface area contributed by atoms with Crippen molar-refractivity contribution >= 4 is 22.6 Å². The van der Waals surface area contributed by atoms with Gasteiger partial charge in [-0.25, -0.2) is 0 Å². The molecule has 4 fully saturated rings. The zero-order valence-electron chi connectivity index (χ0n) is 16.6. The Morgan fingerprint density at radius 3 is 2.81 bits per heavy atom. The summed E-state index contributed by atoms with van der Waals surface area (Å²) in [5.74, 6) is 4.05. The first kappa shape index (κ1) is 18.4. The fraction of sp³-hybridized carbons (Fsp3) is 0.913. The lowest BCUT2D eigenvalue weighted by atomic mass is 9.47. The molecule has 1 aliphatic heterocycles. The number of aliphatic hydroxyl groups excluding tert-OH is 1. The molecule has 0 amide bonds. The van der Waals surface area contributed by atoms with Crippen LogP contribution in [0.4, 0.5) is 0 Å². The molecular weight excluding hydrogens is 435 g/mol. The third-order valence-electron chi connectivity index (χ3n) is 9.77. The van der Waals surface area contributed by atoms with E-state index in [4.69, 9.17) is 4.74 Å². The second-order valence-electron chi connectivity index (χ2n) is 10.7. The number of aliphatic hydroxyl groups is 1. The summed E-state index contributed by atoms with van der Waals surface area (Å²) >= 11 is 2.64. The Balaban J connectivity index is 1.48. The average molecular weight is 470 g/mol. The fourth-order valence-corrected chi connectivity index (χ4v) is 9.03. The molecule has 0 spiro atoms. The van der Waals surface area contributed by atoms with Crippen LogP contribution >= 0.6 is 22.6 Å². The van der Waals surface area contributed by atoms with Gasteiger partial charge in [-0.2, -0.15) is 0 Å². The fourth-order valence-electron chi connectivity index (χ4n) is 8.37. The van der Waals surface area contributed by atoms with Gasteiger partial charge in [-0.15, -0.1) is 0 Å². The van der Waals surface area contributed by atoms with Gasteiger partial charge in [0.25, 0.3) is 0 Å². The first-order valence-corrected chi connectivity index (χ1v) is 12.2. The van der Waals surface area contributed by atoms with Gasteiger partial charge in [-0.05, 0) is 85.4 Å². The van der Waals surface area contributed by atoms with Crippen LogP contribution in [0, 0.1) is 40.4 Å². The molecule has 2 nitrogen and oxygen atoms in total. The Morgan fingerprint density at radius 1 is 1.19 bits per heavy atom. The Morgan fingerprint density at radius 2 is 2.00 bits per heavy atom. The van der Waals surface area contributed by atoms with Crippen molar-refractivity contribution < 1.29 is 9.84 Å². The molecular formula is C23H35IO2. The molecule has 10 atom stereocenters. The second kappa shape index (κ2) is 6.19. The Labute approximate surface area is 172 Å². The molecule has 5 aliphatic rings. The molecule has 0 bridgehead atoms. The molecule has 3 heteroatoms. The summed E-state index contributed by atoms with van der Waals surface area (Å²) in [5, 5.41) is 10.2. The van der Waals surface area contributed by atoms with Crippen LogP contribution < -0.4 is 0 Å². The number of alkyl halides is 1. The maximum Gasteiger partial charge on any atom is 0.0615 e. The largest absolute Gasteiger partial charge is 0.393 e. The van der Waals surface area contributed by atoms with E-state index in [1.807, 2.05) is 0 Å². The highest BCUT2D eigenvalue weighted by molar-refractivity contribution is 14.1. The normalized spacial score (nSPS) is 58.9. The molecule has 0 aromatic heterocycles. The Bertz CT molecular complexity index is 617. The lowest BCUT2D eigenvalue weighted by molar-refractivity contribution is -0.0845. The van der Waals surface area contributed by atoms with E-state index < -0.39 is 0 Å². The number of rotatable bonds is 0. The van der Waals surface area contributed by atoms with Gasteiger partial charge in [-0.1, -0.05) is 55.0 Å². The van der Waals surface area contributed by atoms with Crippen molar-refractivity contribution in [1.29, 1.82) is 0 Å². The van der Waals surface area contributed by atoms with Gasteiger partial charge in [0.1, 0.15) is 0 Å². The summed E-state index contributed by atoms with van der Waals surface area (Å²) in [4.78, 5) is 0. The van der Waals surface area contributed by atoms with Gasteiger partial charge >= 0.3 is 0 Å². The minimum absolute atomic E-state index is 0.0936. The molecule has 0 aromatic rings. The van der Waals surface area contributed by atoms with Gasteiger partial charge in [0.05, 0.1) is 18.8 Å². The standard InChI is InChI=1S/C23H35IO2/c1-13-19(24)12-26-20-11-18-16-5-4-14-10-15(25)6-8-22(14,2)17(16)7-9-23(18,3)21(13)20/h4,13,15-21,25H,5-12H2,1-3H3/t13-,15+,16-,17+,18+,19?,20?,21?,22+,23+/m1/s1. The van der Waals surface area contributed by atoms with E-state index >= 15 is 0 Å². The third kappa shape index (κ3) is 2.41. The molecule has 1 N–H and O–H groups in total. The van der Waals surface area contributed by atoms with Gasteiger partial charge in [0.2, 0.25) is 0 Å². The van der Waals surface area contributed by atoms with Crippen molar-refractivity contribution in [3.63, 3.8) is 0 Å². The molecule has 5 rings (SSSR count). The number of ether oxygens (including phenoxy) is 1. The third-order valence-corrected chi connectivity index (χ3v) is 11.3. The minimum Gasteiger partial charge on any atom is -0.393 e. The first-order valence-electron chi connectivity index (χ1n) is 11.0. The van der Waals surface area contributed by atoms with Crippen LogP contribution in [0.1, 0.15) is 65.7 Å². The van der Waals surface area contributed by atoms with E-state index in [-0.39, 0.29) is 6.10 Å². The van der Waals surface area contributed by atoms with E-state index in [1.165, 1.54) is 32.1 Å². The molecule has 146 valence electrons. The van der Waals surface area contributed by atoms with Crippen LogP contribution in [-0.4, -0.2) is 27.8 Å². The van der Waals surface area contributed by atoms with Gasteiger partial charge < -0.3 is 9.84 Å². The van der Waals surface area contributed by atoms with E-state index in [0.717, 1.165) is 49.0 Å². The van der Waals surface area contributed by atoms with Crippen LogP contribution in [-0.2, 0) is 4.74 Å². The molecule has 0 radical (unpaired) electrons. The van der Waals surface area contributed by atoms with Gasteiger partial charge in [0.15, 0.2) is 0 Å². The van der Waals surface area contributed by atoms with Crippen molar-refractivity contribution in [3.05, 3.63) is 11.6 Å². The molecule has 1 saturated heterocycles. The number of fused-ring (bicyclic) bond motifs is 7. The van der Waals surface area contributed by atoms with Crippen LogP contribution in [0.2, 0.25) is 0 Å². The summed E-state index contributed by atoms with van der Waals surface area (Å²) in [6, 6.07) is 0. The van der Waals surface area contributed by atoms with Crippen molar-refractivity contribution in [2.75, 3.05) is 6.61 Å². The van der Waals surface area contributed by atoms with Gasteiger partial charge in [0, 0.05) is 3.92 Å². The molecule has 0 aromatic carbocycles. The number of allylic oxidation sites excluding steroid dienone is 1. The number of hydrogen-bond acceptors (Lipinski definition) is 2. The average Bonchev–Trinajstić information content (AvgIpc) is 2.92. The maximum absolute atomic E-state index is 10.2. The van der Waals surface area contributed by atoms with Gasteiger partial charge in [-0.3, -0.25) is 0 Å². The predicted molar refractivity (Wildman–Crippen MR) is 113 cm³/mol. The summed E-state index contributed by atoms with van der Waals surface area (Å²) in [7, 11) is 0. The zero-order valence-corrected chi connectivity index (χ0v) is 18.7. The smallest absolute Gasteiger partial charge is 0.0615 e. The van der Waals surface area contributed by atoms with Crippen molar-refractivity contribution in [1.82, 2.24) is 0 Å². The van der Waals surface area contributed by atoms with Crippen molar-refractivity contribution in [2.24, 2.45) is 40.4 Å². The molecule has 1 heterocycles. The summed E-state index contributed by atoms with van der Waals surface area (Å²) in [6.07, 6.45) is 11.4. The highest BCUT2D eigenvalue weighted by Crippen LogP contribution is 2.68. The minimum atomic E-state index is -0.0936. The molecule has 4 aliphatic carbocycles. The van der Waals surface area contributed by atoms with Crippen LogP contribution in [0.15, 0.2) is 11.6 Å². The Hall–Kier alpha value is 0.390. The number of halogens is 1.